The van der Waals surface area contributed by atoms with Gasteiger partial charge in [-0.05, 0) is 29.2 Å². The number of fused-ring (bicyclic) bond motifs is 1. The van der Waals surface area contributed by atoms with E-state index in [0.717, 1.165) is 12.1 Å². The first-order valence-corrected chi connectivity index (χ1v) is 10.1. The SMILES string of the molecule is CC1(C)CN(C(=O)Cn2ncc3ncc(-c4cccc(C(F)(F)F)c4)cc32)C1.O=C(O)C(F)(F)F. The van der Waals surface area contributed by atoms with E-state index in [9.17, 15) is 31.1 Å². The number of halogens is 6. The predicted molar refractivity (Wildman–Crippen MR) is 112 cm³/mol. The lowest BCUT2D eigenvalue weighted by Gasteiger charge is -2.45. The quantitative estimate of drug-likeness (QED) is 0.529. The first kappa shape index (κ1) is 26.0. The molecular formula is C22H20F6N4O3. The predicted octanol–water partition coefficient (Wildman–Crippen LogP) is 4.62. The van der Waals surface area contributed by atoms with Gasteiger partial charge in [-0.15, -0.1) is 0 Å². The summed E-state index contributed by atoms with van der Waals surface area (Å²) < 4.78 is 72.3. The van der Waals surface area contributed by atoms with Gasteiger partial charge in [-0.1, -0.05) is 26.0 Å². The van der Waals surface area contributed by atoms with Crippen LogP contribution in [0, 0.1) is 5.41 Å². The normalized spacial score (nSPS) is 15.3. The minimum atomic E-state index is -5.08. The Morgan fingerprint density at radius 2 is 1.66 bits per heavy atom. The van der Waals surface area contributed by atoms with Crippen molar-refractivity contribution in [1.82, 2.24) is 19.7 Å². The third kappa shape index (κ3) is 6.28. The molecule has 0 bridgehead atoms. The molecule has 0 spiro atoms. The molecule has 35 heavy (non-hydrogen) atoms. The molecule has 1 amide bonds. The Labute approximate surface area is 195 Å². The van der Waals surface area contributed by atoms with E-state index in [1.165, 1.54) is 12.3 Å². The summed E-state index contributed by atoms with van der Waals surface area (Å²) in [5.41, 5.74) is 1.58. The zero-order valence-corrected chi connectivity index (χ0v) is 18.5. The van der Waals surface area contributed by atoms with Crippen molar-refractivity contribution >= 4 is 22.9 Å². The molecule has 0 atom stereocenters. The molecule has 1 aliphatic rings. The number of hydrogen-bond donors (Lipinski definition) is 1. The monoisotopic (exact) mass is 502 g/mol. The minimum absolute atomic E-state index is 0.0335. The molecule has 188 valence electrons. The van der Waals surface area contributed by atoms with E-state index in [2.05, 4.69) is 23.9 Å². The van der Waals surface area contributed by atoms with Crippen LogP contribution in [-0.4, -0.2) is 55.9 Å². The van der Waals surface area contributed by atoms with Gasteiger partial charge >= 0.3 is 18.3 Å². The molecule has 1 saturated heterocycles. The van der Waals surface area contributed by atoms with Crippen molar-refractivity contribution in [2.24, 2.45) is 5.41 Å². The number of aliphatic carboxylic acids is 1. The summed E-state index contributed by atoms with van der Waals surface area (Å²) in [4.78, 5) is 27.4. The molecule has 3 aromatic rings. The fraction of sp³-hybridized carbons (Fsp3) is 0.364. The van der Waals surface area contributed by atoms with Crippen molar-refractivity contribution in [3.8, 4) is 11.1 Å². The van der Waals surface area contributed by atoms with E-state index in [0.29, 0.717) is 35.2 Å². The highest BCUT2D eigenvalue weighted by Gasteiger charge is 2.38. The first-order chi connectivity index (χ1) is 16.1. The molecule has 4 rings (SSSR count). The van der Waals surface area contributed by atoms with Gasteiger partial charge in [0.05, 0.1) is 17.3 Å². The van der Waals surface area contributed by atoms with Crippen LogP contribution in [0.1, 0.15) is 19.4 Å². The number of rotatable bonds is 3. The molecule has 1 fully saturated rings. The highest BCUT2D eigenvalue weighted by Crippen LogP contribution is 2.33. The molecule has 13 heteroatoms. The van der Waals surface area contributed by atoms with Gasteiger partial charge in [-0.25, -0.2) is 4.79 Å². The zero-order valence-electron chi connectivity index (χ0n) is 18.5. The molecule has 0 radical (unpaired) electrons. The number of carbonyl (C=O) groups is 2. The molecule has 2 aromatic heterocycles. The van der Waals surface area contributed by atoms with E-state index in [4.69, 9.17) is 9.90 Å². The van der Waals surface area contributed by atoms with Crippen LogP contribution in [0.4, 0.5) is 26.3 Å². The summed E-state index contributed by atoms with van der Waals surface area (Å²) in [5.74, 6) is -2.79. The van der Waals surface area contributed by atoms with Crippen LogP contribution in [0.5, 0.6) is 0 Å². The average molecular weight is 502 g/mol. The number of pyridine rings is 1. The number of hydrogen-bond acceptors (Lipinski definition) is 4. The van der Waals surface area contributed by atoms with Gasteiger partial charge in [0.2, 0.25) is 5.91 Å². The Morgan fingerprint density at radius 1 is 1.03 bits per heavy atom. The summed E-state index contributed by atoms with van der Waals surface area (Å²) in [6, 6.07) is 6.82. The van der Waals surface area contributed by atoms with Crippen molar-refractivity contribution in [1.29, 1.82) is 0 Å². The summed E-state index contributed by atoms with van der Waals surface area (Å²) >= 11 is 0. The van der Waals surface area contributed by atoms with Crippen LogP contribution in [0.15, 0.2) is 42.7 Å². The number of carboxylic acids is 1. The largest absolute Gasteiger partial charge is 0.490 e. The Morgan fingerprint density at radius 3 is 2.20 bits per heavy atom. The maximum absolute atomic E-state index is 13.0. The van der Waals surface area contributed by atoms with Crippen LogP contribution >= 0.6 is 0 Å². The third-order valence-electron chi connectivity index (χ3n) is 5.14. The second-order valence-electron chi connectivity index (χ2n) is 8.73. The summed E-state index contributed by atoms with van der Waals surface area (Å²) in [7, 11) is 0. The van der Waals surface area contributed by atoms with E-state index < -0.39 is 23.9 Å². The molecule has 3 heterocycles. The number of amides is 1. The van der Waals surface area contributed by atoms with Gasteiger partial charge in [0, 0.05) is 24.8 Å². The Balaban J connectivity index is 0.000000429. The summed E-state index contributed by atoms with van der Waals surface area (Å²) in [6.07, 6.45) is -6.42. The minimum Gasteiger partial charge on any atom is -0.475 e. The van der Waals surface area contributed by atoms with Gasteiger partial charge < -0.3 is 10.0 Å². The lowest BCUT2D eigenvalue weighted by atomic mass is 9.84. The Hall–Kier alpha value is -3.64. The van der Waals surface area contributed by atoms with Crippen LogP contribution in [0.25, 0.3) is 22.2 Å². The van der Waals surface area contributed by atoms with E-state index in [1.807, 2.05) is 0 Å². The lowest BCUT2D eigenvalue weighted by molar-refractivity contribution is -0.192. The van der Waals surface area contributed by atoms with Gasteiger partial charge in [0.15, 0.2) is 0 Å². The van der Waals surface area contributed by atoms with Crippen LogP contribution < -0.4 is 0 Å². The fourth-order valence-electron chi connectivity index (χ4n) is 3.51. The van der Waals surface area contributed by atoms with E-state index in [-0.39, 0.29) is 17.9 Å². The lowest BCUT2D eigenvalue weighted by Crippen LogP contribution is -2.56. The van der Waals surface area contributed by atoms with Crippen LogP contribution in [0.2, 0.25) is 0 Å². The molecular weight excluding hydrogens is 482 g/mol. The molecule has 7 nitrogen and oxygen atoms in total. The average Bonchev–Trinajstić information content (AvgIpc) is 3.13. The Kier molecular flexibility index (Phi) is 6.82. The molecule has 1 N–H and O–H groups in total. The number of carbonyl (C=O) groups excluding carboxylic acids is 1. The number of alkyl halides is 6. The number of aromatic nitrogens is 3. The second-order valence-corrected chi connectivity index (χ2v) is 8.73. The standard InChI is InChI=1S/C20H19F3N4O.C2HF3O2/c1-19(2)11-26(12-19)18(28)10-27-17-7-14(8-24-16(17)9-25-27)13-4-3-5-15(6-13)20(21,22)23;3-2(4,5)1(6)7/h3-9H,10-12H2,1-2H3;(H,6,7). The Bertz CT molecular complexity index is 1240. The van der Waals surface area contributed by atoms with Crippen LogP contribution in [0.3, 0.4) is 0 Å². The third-order valence-corrected chi connectivity index (χ3v) is 5.14. The number of carboxylic acid groups (broad SMARTS) is 1. The fourth-order valence-corrected chi connectivity index (χ4v) is 3.51. The molecule has 0 saturated carbocycles. The van der Waals surface area contributed by atoms with Gasteiger partial charge in [0.1, 0.15) is 12.1 Å². The maximum atomic E-state index is 13.0. The second kappa shape index (κ2) is 9.19. The van der Waals surface area contributed by atoms with Crippen molar-refractivity contribution < 1.29 is 41.0 Å². The molecule has 1 aliphatic heterocycles. The van der Waals surface area contributed by atoms with Crippen molar-refractivity contribution in [3.05, 3.63) is 48.3 Å². The number of nitrogens with zero attached hydrogens (tertiary/aromatic N) is 4. The topological polar surface area (TPSA) is 88.3 Å². The van der Waals surface area contributed by atoms with Gasteiger partial charge in [0.25, 0.3) is 0 Å². The summed E-state index contributed by atoms with van der Waals surface area (Å²) in [5, 5.41) is 11.4. The van der Waals surface area contributed by atoms with Crippen molar-refractivity contribution in [2.45, 2.75) is 32.7 Å². The van der Waals surface area contributed by atoms with Crippen molar-refractivity contribution in [3.63, 3.8) is 0 Å². The maximum Gasteiger partial charge on any atom is 0.490 e. The van der Waals surface area contributed by atoms with E-state index in [1.54, 1.807) is 27.9 Å². The number of likely N-dealkylation sites (tertiary alicyclic amines) is 1. The zero-order chi connectivity index (χ0) is 26.2. The smallest absolute Gasteiger partial charge is 0.475 e. The summed E-state index contributed by atoms with van der Waals surface area (Å²) in [6.45, 7) is 5.70. The molecule has 0 unspecified atom stereocenters. The first-order valence-electron chi connectivity index (χ1n) is 10.1. The van der Waals surface area contributed by atoms with Gasteiger partial charge in [-0.2, -0.15) is 31.4 Å². The van der Waals surface area contributed by atoms with Crippen molar-refractivity contribution in [2.75, 3.05) is 13.1 Å². The van der Waals surface area contributed by atoms with Gasteiger partial charge in [-0.3, -0.25) is 14.5 Å². The van der Waals surface area contributed by atoms with Crippen LogP contribution in [-0.2, 0) is 22.3 Å². The highest BCUT2D eigenvalue weighted by atomic mass is 19.4. The number of benzene rings is 1. The molecule has 0 aliphatic carbocycles. The van der Waals surface area contributed by atoms with E-state index >= 15 is 0 Å². The molecule has 1 aromatic carbocycles. The highest BCUT2D eigenvalue weighted by molar-refractivity contribution is 5.83.